The van der Waals surface area contributed by atoms with Gasteiger partial charge in [0.05, 0.1) is 26.4 Å². The minimum atomic E-state index is -4.42. The summed E-state index contributed by atoms with van der Waals surface area (Å²) in [7, 11) is -4.42. The Morgan fingerprint density at radius 1 is 0.600 bits per heavy atom. The molecule has 1 unspecified atom stereocenters. The van der Waals surface area contributed by atoms with Crippen LogP contribution in [0.15, 0.2) is 28.3 Å². The Bertz CT molecular complexity index is 1580. The van der Waals surface area contributed by atoms with Crippen LogP contribution in [0.5, 0.6) is 0 Å². The van der Waals surface area contributed by atoms with Crippen LogP contribution in [-0.4, -0.2) is 100 Å². The Hall–Kier alpha value is -2.32. The van der Waals surface area contributed by atoms with Crippen LogP contribution in [0.1, 0.15) is 246 Å². The van der Waals surface area contributed by atoms with Gasteiger partial charge in [0.25, 0.3) is 0 Å². The molecule has 408 valence electrons. The standard InChI is InChI=1S/C55H105N6O8P/c1-5-9-11-13-15-17-19-21-23-25-27-29-31-33-35-37-44-67-46-40-51-50(7-3)53(61(60-41-39-52(56)57-54(60)62)55(63)59(51)43-48-69-49-70(64,65)66)58(8-4)42-47-68-45-38-36-34-32-30-28-26-24-22-20-18-16-14-12-10-6-2/h39,41,53H,5-38,40,42-49H2,1-4H3,(H2,56,57,62)(H2,64,65,66). The van der Waals surface area contributed by atoms with E-state index in [2.05, 4.69) is 23.7 Å². The zero-order chi connectivity index (χ0) is 50.9. The van der Waals surface area contributed by atoms with E-state index in [0.717, 1.165) is 37.0 Å². The quantitative estimate of drug-likeness (QED) is 0.0419. The molecule has 0 radical (unpaired) electrons. The van der Waals surface area contributed by atoms with Crippen molar-refractivity contribution < 1.29 is 33.4 Å². The summed E-state index contributed by atoms with van der Waals surface area (Å²) in [6, 6.07) is 1.02. The fourth-order valence-corrected chi connectivity index (χ4v) is 10.1. The number of likely N-dealkylation sites (N-methyl/N-ethyl adjacent to an activating group) is 1. The SMILES string of the molecule is CCCCCCCCCCCCCCCCCCOCCC1=C(CC)C(N(CC)CCOCCCCCCCCCCCCCCCCCC)N(n2ccc(N)nc2=O)C(=O)N1CCOCP(=O)(O)O. The molecule has 1 aromatic heterocycles. The zero-order valence-electron chi connectivity index (χ0n) is 45.2. The van der Waals surface area contributed by atoms with Crippen LogP contribution in [0, 0.1) is 0 Å². The van der Waals surface area contributed by atoms with Gasteiger partial charge < -0.3 is 29.7 Å². The van der Waals surface area contributed by atoms with Crippen molar-refractivity contribution >= 4 is 19.4 Å². The van der Waals surface area contributed by atoms with Crippen molar-refractivity contribution in [1.82, 2.24) is 19.5 Å². The molecule has 14 nitrogen and oxygen atoms in total. The van der Waals surface area contributed by atoms with Gasteiger partial charge in [-0.3, -0.25) is 14.4 Å². The minimum absolute atomic E-state index is 0.0196. The number of rotatable bonds is 49. The van der Waals surface area contributed by atoms with Crippen molar-refractivity contribution in [3.8, 4) is 0 Å². The van der Waals surface area contributed by atoms with Crippen molar-refractivity contribution in [3.05, 3.63) is 34.0 Å². The van der Waals surface area contributed by atoms with Crippen molar-refractivity contribution in [2.45, 2.75) is 252 Å². The van der Waals surface area contributed by atoms with Gasteiger partial charge in [0.15, 0.2) is 0 Å². The van der Waals surface area contributed by atoms with Crippen molar-refractivity contribution in [1.29, 1.82) is 0 Å². The number of amides is 2. The minimum Gasteiger partial charge on any atom is -0.383 e. The molecule has 4 N–H and O–H groups in total. The lowest BCUT2D eigenvalue weighted by atomic mass is 10.00. The summed E-state index contributed by atoms with van der Waals surface area (Å²) in [6.45, 7) is 11.8. The predicted octanol–water partition coefficient (Wildman–Crippen LogP) is 13.6. The number of hydrogen-bond acceptors (Lipinski definition) is 9. The molecule has 15 heteroatoms. The van der Waals surface area contributed by atoms with Gasteiger partial charge in [0, 0.05) is 38.1 Å². The van der Waals surface area contributed by atoms with Crippen LogP contribution < -0.4 is 16.4 Å². The van der Waals surface area contributed by atoms with Gasteiger partial charge in [0.1, 0.15) is 18.3 Å². The lowest BCUT2D eigenvalue weighted by Crippen LogP contribution is -2.66. The second-order valence-corrected chi connectivity index (χ2v) is 21.5. The fourth-order valence-electron chi connectivity index (χ4n) is 9.74. The van der Waals surface area contributed by atoms with Gasteiger partial charge in [-0.15, -0.1) is 0 Å². The van der Waals surface area contributed by atoms with Gasteiger partial charge in [-0.2, -0.15) is 4.98 Å². The molecule has 2 amide bonds. The molecule has 0 saturated heterocycles. The highest BCUT2D eigenvalue weighted by Crippen LogP contribution is 2.35. The van der Waals surface area contributed by atoms with E-state index in [-0.39, 0.29) is 19.0 Å². The Balaban J connectivity index is 1.95. The zero-order valence-corrected chi connectivity index (χ0v) is 46.1. The van der Waals surface area contributed by atoms with Crippen LogP contribution in [0.3, 0.4) is 0 Å². The van der Waals surface area contributed by atoms with E-state index in [1.807, 2.05) is 13.8 Å². The molecule has 2 rings (SSSR count). The first kappa shape index (κ1) is 63.8. The molecule has 0 aliphatic carbocycles. The summed E-state index contributed by atoms with van der Waals surface area (Å²) in [5.74, 6) is 0.0493. The largest absolute Gasteiger partial charge is 0.383 e. The van der Waals surface area contributed by atoms with E-state index in [9.17, 15) is 23.9 Å². The molecule has 0 bridgehead atoms. The molecule has 2 heterocycles. The third-order valence-corrected chi connectivity index (χ3v) is 14.4. The number of nitrogens with two attached hydrogens (primary N) is 1. The highest BCUT2D eigenvalue weighted by atomic mass is 31.2. The summed E-state index contributed by atoms with van der Waals surface area (Å²) in [6.07, 6.45) is 43.2. The van der Waals surface area contributed by atoms with Crippen molar-refractivity contribution in [2.24, 2.45) is 0 Å². The molecule has 0 saturated carbocycles. The molecule has 1 aromatic rings. The van der Waals surface area contributed by atoms with E-state index in [0.29, 0.717) is 52.4 Å². The first-order valence-electron chi connectivity index (χ1n) is 28.8. The summed E-state index contributed by atoms with van der Waals surface area (Å²) < 4.78 is 30.6. The Morgan fingerprint density at radius 2 is 1.03 bits per heavy atom. The number of nitrogens with zero attached hydrogens (tertiary/aromatic N) is 5. The molecule has 0 aromatic carbocycles. The maximum absolute atomic E-state index is 14.8. The van der Waals surface area contributed by atoms with E-state index < -0.39 is 31.8 Å². The normalized spacial score (nSPS) is 14.6. The fraction of sp³-hybridized carbons (Fsp3) is 0.873. The van der Waals surface area contributed by atoms with Crippen LogP contribution in [0.2, 0.25) is 0 Å². The van der Waals surface area contributed by atoms with Gasteiger partial charge in [-0.1, -0.05) is 220 Å². The summed E-state index contributed by atoms with van der Waals surface area (Å²) in [4.78, 5) is 54.9. The number of carbonyl (C=O) groups is 1. The first-order chi connectivity index (χ1) is 34.1. The predicted molar refractivity (Wildman–Crippen MR) is 290 cm³/mol. The van der Waals surface area contributed by atoms with Gasteiger partial charge in [0.2, 0.25) is 0 Å². The molecule has 0 spiro atoms. The third kappa shape index (κ3) is 29.4. The Morgan fingerprint density at radius 3 is 1.43 bits per heavy atom. The van der Waals surface area contributed by atoms with Crippen LogP contribution in [0.25, 0.3) is 0 Å². The highest BCUT2D eigenvalue weighted by molar-refractivity contribution is 7.51. The maximum Gasteiger partial charge on any atom is 0.368 e. The lowest BCUT2D eigenvalue weighted by molar-refractivity contribution is 0.0788. The number of ether oxygens (including phenoxy) is 3. The van der Waals surface area contributed by atoms with Gasteiger partial charge >= 0.3 is 19.3 Å². The average molecular weight is 1010 g/mol. The summed E-state index contributed by atoms with van der Waals surface area (Å²) >= 11 is 0. The molecular formula is C55H105N6O8P. The number of urea groups is 1. The molecule has 1 aliphatic rings. The van der Waals surface area contributed by atoms with Crippen LogP contribution >= 0.6 is 7.60 Å². The molecule has 0 fully saturated rings. The summed E-state index contributed by atoms with van der Waals surface area (Å²) in [5, 5.41) is 1.43. The van der Waals surface area contributed by atoms with E-state index in [1.165, 1.54) is 202 Å². The average Bonchev–Trinajstić information content (AvgIpc) is 3.33. The number of nitrogen functional groups attached to an aromatic ring is 1. The van der Waals surface area contributed by atoms with Gasteiger partial charge in [-0.05, 0) is 37.4 Å². The molecule has 70 heavy (non-hydrogen) atoms. The highest BCUT2D eigenvalue weighted by Gasteiger charge is 2.43. The smallest absolute Gasteiger partial charge is 0.368 e. The van der Waals surface area contributed by atoms with Crippen molar-refractivity contribution in [3.63, 3.8) is 0 Å². The topological polar surface area (TPSA) is 173 Å². The third-order valence-electron chi connectivity index (χ3n) is 13.8. The monoisotopic (exact) mass is 1010 g/mol. The number of hydrogen-bond donors (Lipinski definition) is 3. The second kappa shape index (κ2) is 42.1. The van der Waals surface area contributed by atoms with Crippen LogP contribution in [0.4, 0.5) is 10.6 Å². The Labute approximate surface area is 426 Å². The first-order valence-corrected chi connectivity index (χ1v) is 30.6. The lowest BCUT2D eigenvalue weighted by Gasteiger charge is -2.47. The Kier molecular flexibility index (Phi) is 38.3. The molecule has 1 aliphatic heterocycles. The van der Waals surface area contributed by atoms with Crippen molar-refractivity contribution in [2.75, 3.05) is 69.8 Å². The summed E-state index contributed by atoms with van der Waals surface area (Å²) in [5.41, 5.74) is 6.92. The molecular weight excluding hydrogens is 904 g/mol. The number of anilines is 1. The van der Waals surface area contributed by atoms with Crippen LogP contribution in [-0.2, 0) is 18.8 Å². The van der Waals surface area contributed by atoms with E-state index >= 15 is 0 Å². The molecule has 1 atom stereocenters. The van der Waals surface area contributed by atoms with E-state index in [4.69, 9.17) is 19.9 Å². The van der Waals surface area contributed by atoms with Gasteiger partial charge in [-0.25, -0.2) is 19.3 Å². The van der Waals surface area contributed by atoms with E-state index in [1.54, 1.807) is 4.90 Å². The number of aromatic nitrogens is 2. The maximum atomic E-state index is 14.8. The number of carbonyl (C=O) groups excluding carboxylic acids is 1. The number of unbranched alkanes of at least 4 members (excludes halogenated alkanes) is 30. The second-order valence-electron chi connectivity index (χ2n) is 19.9.